The van der Waals surface area contributed by atoms with Crippen molar-refractivity contribution in [3.63, 3.8) is 0 Å². The molecule has 2 aromatic carbocycles. The van der Waals surface area contributed by atoms with Crippen LogP contribution >= 0.6 is 0 Å². The summed E-state index contributed by atoms with van der Waals surface area (Å²) in [7, 11) is 0. The van der Waals surface area contributed by atoms with E-state index in [9.17, 15) is 9.90 Å². The maximum absolute atomic E-state index is 12.3. The summed E-state index contributed by atoms with van der Waals surface area (Å²) in [5, 5.41) is 10.1. The molecule has 5 atom stereocenters. The number of hydrogen-bond acceptors (Lipinski definition) is 4. The fourth-order valence-corrected chi connectivity index (χ4v) is 5.56. The van der Waals surface area contributed by atoms with Crippen LogP contribution < -0.4 is 9.47 Å². The Morgan fingerprint density at radius 3 is 2.65 bits per heavy atom. The molecule has 2 heterocycles. The molecule has 184 valence electrons. The highest BCUT2D eigenvalue weighted by molar-refractivity contribution is 5.71. The number of para-hydroxylation sites is 2. The van der Waals surface area contributed by atoms with Crippen LogP contribution in [0.25, 0.3) is 0 Å². The highest BCUT2D eigenvalue weighted by atomic mass is 16.5. The number of carboxylic acids is 1. The van der Waals surface area contributed by atoms with Gasteiger partial charge in [0.2, 0.25) is 0 Å². The Bertz CT molecular complexity index is 1010. The average Bonchev–Trinajstić information content (AvgIpc) is 2.82. The van der Waals surface area contributed by atoms with Gasteiger partial charge in [-0.3, -0.25) is 4.79 Å². The van der Waals surface area contributed by atoms with E-state index in [4.69, 9.17) is 14.2 Å². The van der Waals surface area contributed by atoms with Gasteiger partial charge in [0, 0.05) is 11.5 Å². The van der Waals surface area contributed by atoms with Crippen molar-refractivity contribution < 1.29 is 24.1 Å². The minimum Gasteiger partial charge on any atom is -0.494 e. The Morgan fingerprint density at radius 2 is 1.94 bits per heavy atom. The molecule has 0 bridgehead atoms. The van der Waals surface area contributed by atoms with Crippen molar-refractivity contribution in [2.45, 2.75) is 84.0 Å². The van der Waals surface area contributed by atoms with Crippen LogP contribution in [0.4, 0.5) is 0 Å². The molecule has 1 saturated heterocycles. The van der Waals surface area contributed by atoms with Gasteiger partial charge >= 0.3 is 5.97 Å². The van der Waals surface area contributed by atoms with Crippen LogP contribution in [-0.2, 0) is 16.0 Å². The standard InChI is InChI=1S/C29H38O5/c1-6-18(3)20-12-10-13-21-26(20)34-29(4,5)23-17-22(28(30)31)25(33-27(21)23)16-15-19-11-8-9-14-24(19)32-7-2/h8-14,18,22-23,25,27H,6-7,15-17H2,1-5H3,(H,30,31)/t18?,22-,23-,25-,27+/m0/s1. The van der Waals surface area contributed by atoms with Gasteiger partial charge in [-0.15, -0.1) is 0 Å². The summed E-state index contributed by atoms with van der Waals surface area (Å²) in [5.41, 5.74) is 2.84. The highest BCUT2D eigenvalue weighted by Gasteiger charge is 2.52. The summed E-state index contributed by atoms with van der Waals surface area (Å²) in [4.78, 5) is 12.3. The van der Waals surface area contributed by atoms with Gasteiger partial charge in [0.05, 0.1) is 24.7 Å². The lowest BCUT2D eigenvalue weighted by molar-refractivity contribution is -0.188. The van der Waals surface area contributed by atoms with Crippen LogP contribution in [0.2, 0.25) is 0 Å². The van der Waals surface area contributed by atoms with Gasteiger partial charge < -0.3 is 19.3 Å². The number of benzene rings is 2. The fraction of sp³-hybridized carbons (Fsp3) is 0.552. The number of aliphatic carboxylic acids is 1. The van der Waals surface area contributed by atoms with Gasteiger partial charge in [0.25, 0.3) is 0 Å². The topological polar surface area (TPSA) is 65.0 Å². The number of aryl methyl sites for hydroxylation is 1. The van der Waals surface area contributed by atoms with Crippen LogP contribution in [0.15, 0.2) is 42.5 Å². The first kappa shape index (κ1) is 24.6. The van der Waals surface area contributed by atoms with Crippen molar-refractivity contribution in [3.8, 4) is 11.5 Å². The molecule has 2 aromatic rings. The maximum Gasteiger partial charge on any atom is 0.309 e. The van der Waals surface area contributed by atoms with Crippen LogP contribution in [-0.4, -0.2) is 29.4 Å². The summed E-state index contributed by atoms with van der Waals surface area (Å²) < 4.78 is 19.1. The van der Waals surface area contributed by atoms with Gasteiger partial charge in [-0.1, -0.05) is 50.2 Å². The van der Waals surface area contributed by atoms with E-state index >= 15 is 0 Å². The second kappa shape index (κ2) is 9.99. The predicted octanol–water partition coefficient (Wildman–Crippen LogP) is 6.55. The molecule has 0 amide bonds. The van der Waals surface area contributed by atoms with Gasteiger partial charge in [-0.05, 0) is 69.6 Å². The zero-order valence-corrected chi connectivity index (χ0v) is 21.0. The molecular weight excluding hydrogens is 428 g/mol. The molecular formula is C29H38O5. The van der Waals surface area contributed by atoms with E-state index in [0.717, 1.165) is 29.0 Å². The molecule has 34 heavy (non-hydrogen) atoms. The smallest absolute Gasteiger partial charge is 0.309 e. The fourth-order valence-electron chi connectivity index (χ4n) is 5.56. The van der Waals surface area contributed by atoms with Gasteiger partial charge in [-0.2, -0.15) is 0 Å². The van der Waals surface area contributed by atoms with Crippen molar-refractivity contribution in [2.24, 2.45) is 11.8 Å². The molecule has 1 fully saturated rings. The van der Waals surface area contributed by atoms with Crippen molar-refractivity contribution in [1.82, 2.24) is 0 Å². The van der Waals surface area contributed by atoms with Crippen molar-refractivity contribution in [3.05, 3.63) is 59.2 Å². The number of hydrogen-bond donors (Lipinski definition) is 1. The molecule has 0 aromatic heterocycles. The second-order valence-corrected chi connectivity index (χ2v) is 10.2. The molecule has 2 aliphatic rings. The summed E-state index contributed by atoms with van der Waals surface area (Å²) in [6, 6.07) is 14.3. The Hall–Kier alpha value is -2.53. The number of carbonyl (C=O) groups is 1. The lowest BCUT2D eigenvalue weighted by Crippen LogP contribution is -2.52. The summed E-state index contributed by atoms with van der Waals surface area (Å²) >= 11 is 0. The van der Waals surface area contributed by atoms with E-state index in [1.165, 1.54) is 5.56 Å². The average molecular weight is 467 g/mol. The lowest BCUT2D eigenvalue weighted by atomic mass is 9.70. The zero-order chi connectivity index (χ0) is 24.5. The number of ether oxygens (including phenoxy) is 3. The van der Waals surface area contributed by atoms with E-state index in [1.807, 2.05) is 25.1 Å². The van der Waals surface area contributed by atoms with Crippen molar-refractivity contribution >= 4 is 5.97 Å². The Kier molecular flexibility index (Phi) is 7.22. The first-order chi connectivity index (χ1) is 16.3. The molecule has 4 rings (SSSR count). The Balaban J connectivity index is 1.65. The van der Waals surface area contributed by atoms with Crippen LogP contribution in [0.3, 0.4) is 0 Å². The van der Waals surface area contributed by atoms with Gasteiger partial charge in [-0.25, -0.2) is 0 Å². The third-order valence-corrected chi connectivity index (χ3v) is 7.72. The first-order valence-corrected chi connectivity index (χ1v) is 12.7. The third-order valence-electron chi connectivity index (χ3n) is 7.72. The molecule has 0 radical (unpaired) electrons. The van der Waals surface area contributed by atoms with E-state index in [0.29, 0.717) is 31.8 Å². The molecule has 1 N–H and O–H groups in total. The molecule has 0 aliphatic carbocycles. The Morgan fingerprint density at radius 1 is 1.18 bits per heavy atom. The minimum atomic E-state index is -0.795. The quantitative estimate of drug-likeness (QED) is 0.478. The van der Waals surface area contributed by atoms with Crippen LogP contribution in [0.5, 0.6) is 11.5 Å². The maximum atomic E-state index is 12.3. The SMILES string of the molecule is CCOc1ccccc1CC[C@@H]1O[C@@H]2c3cccc(C(C)CC)c3OC(C)(C)[C@H]2C[C@@H]1C(=O)O. The van der Waals surface area contributed by atoms with E-state index in [-0.39, 0.29) is 18.1 Å². The predicted molar refractivity (Wildman–Crippen MR) is 133 cm³/mol. The van der Waals surface area contributed by atoms with E-state index in [1.54, 1.807) is 0 Å². The normalized spacial score (nSPS) is 26.0. The molecule has 1 unspecified atom stereocenters. The summed E-state index contributed by atoms with van der Waals surface area (Å²) in [6.45, 7) is 11.1. The number of rotatable bonds is 8. The largest absolute Gasteiger partial charge is 0.494 e. The van der Waals surface area contributed by atoms with E-state index < -0.39 is 17.5 Å². The first-order valence-electron chi connectivity index (χ1n) is 12.7. The molecule has 0 saturated carbocycles. The Labute approximate surface area is 203 Å². The molecule has 2 aliphatic heterocycles. The summed E-state index contributed by atoms with van der Waals surface area (Å²) in [6.07, 6.45) is 2.36. The monoisotopic (exact) mass is 466 g/mol. The highest BCUT2D eigenvalue weighted by Crippen LogP contribution is 2.54. The molecule has 5 nitrogen and oxygen atoms in total. The van der Waals surface area contributed by atoms with Gasteiger partial charge in [0.1, 0.15) is 17.1 Å². The molecule has 0 spiro atoms. The minimum absolute atomic E-state index is 0.0276. The van der Waals surface area contributed by atoms with Crippen LogP contribution in [0.1, 0.15) is 82.6 Å². The number of carboxylic acid groups (broad SMARTS) is 1. The van der Waals surface area contributed by atoms with Gasteiger partial charge in [0.15, 0.2) is 0 Å². The summed E-state index contributed by atoms with van der Waals surface area (Å²) in [5.74, 6) is 0.779. The third kappa shape index (κ3) is 4.68. The molecule has 5 heteroatoms. The second-order valence-electron chi connectivity index (χ2n) is 10.2. The number of fused-ring (bicyclic) bond motifs is 3. The van der Waals surface area contributed by atoms with Crippen molar-refractivity contribution in [2.75, 3.05) is 6.61 Å². The lowest BCUT2D eigenvalue weighted by Gasteiger charge is -2.51. The van der Waals surface area contributed by atoms with Crippen molar-refractivity contribution in [1.29, 1.82) is 0 Å². The zero-order valence-electron chi connectivity index (χ0n) is 21.0. The van der Waals surface area contributed by atoms with Crippen LogP contribution in [0, 0.1) is 11.8 Å². The van der Waals surface area contributed by atoms with E-state index in [2.05, 4.69) is 52.0 Å².